The van der Waals surface area contributed by atoms with Crippen molar-refractivity contribution in [3.05, 3.63) is 11.8 Å². The second kappa shape index (κ2) is 3.01. The maximum atomic E-state index is 10.8. The molecule has 5 heteroatoms. The van der Waals surface area contributed by atoms with Crippen molar-refractivity contribution < 1.29 is 14.6 Å². The lowest BCUT2D eigenvalue weighted by molar-refractivity contribution is -0.141. The predicted octanol–water partition coefficient (Wildman–Crippen LogP) is 1.02. The van der Waals surface area contributed by atoms with Crippen LogP contribution in [0.15, 0.2) is 6.07 Å². The van der Waals surface area contributed by atoms with Crippen LogP contribution in [0.3, 0.4) is 0 Å². The van der Waals surface area contributed by atoms with E-state index >= 15 is 0 Å². The van der Waals surface area contributed by atoms with E-state index in [1.54, 1.807) is 6.07 Å². The highest BCUT2D eigenvalue weighted by molar-refractivity contribution is 5.72. The largest absolute Gasteiger partial charge is 0.480 e. The topological polar surface area (TPSA) is 64.4 Å². The molecule has 76 valence electrons. The molecule has 0 bridgehead atoms. The van der Waals surface area contributed by atoms with Crippen molar-refractivity contribution in [3.63, 3.8) is 0 Å². The standard InChI is InChI=1S/C9H12N2O3/c1-5(2)6-3-8-11(10-6)7(4-14-8)9(12)13/h3,5,7H,4H2,1-2H3,(H,12,13). The Morgan fingerprint density at radius 3 is 3.07 bits per heavy atom. The quantitative estimate of drug-likeness (QED) is 0.767. The van der Waals surface area contributed by atoms with Gasteiger partial charge in [0, 0.05) is 6.07 Å². The van der Waals surface area contributed by atoms with E-state index in [2.05, 4.69) is 5.10 Å². The molecule has 1 aliphatic rings. The summed E-state index contributed by atoms with van der Waals surface area (Å²) in [6, 6.07) is 1.13. The van der Waals surface area contributed by atoms with Gasteiger partial charge in [0.1, 0.15) is 6.61 Å². The SMILES string of the molecule is CC(C)c1cc2n(n1)C(C(=O)O)CO2. The van der Waals surface area contributed by atoms with Crippen molar-refractivity contribution in [1.29, 1.82) is 0 Å². The van der Waals surface area contributed by atoms with Gasteiger partial charge in [-0.3, -0.25) is 0 Å². The zero-order chi connectivity index (χ0) is 10.3. The van der Waals surface area contributed by atoms with Gasteiger partial charge in [-0.15, -0.1) is 0 Å². The highest BCUT2D eigenvalue weighted by Crippen LogP contribution is 2.28. The summed E-state index contributed by atoms with van der Waals surface area (Å²) in [5, 5.41) is 13.1. The van der Waals surface area contributed by atoms with Crippen LogP contribution < -0.4 is 4.74 Å². The van der Waals surface area contributed by atoms with Gasteiger partial charge in [-0.25, -0.2) is 9.48 Å². The average Bonchev–Trinajstić information content (AvgIpc) is 2.58. The number of hydrogen-bond acceptors (Lipinski definition) is 3. The van der Waals surface area contributed by atoms with Crippen molar-refractivity contribution in [1.82, 2.24) is 9.78 Å². The fraction of sp³-hybridized carbons (Fsp3) is 0.556. The van der Waals surface area contributed by atoms with Crippen LogP contribution >= 0.6 is 0 Å². The van der Waals surface area contributed by atoms with E-state index in [1.165, 1.54) is 4.68 Å². The number of fused-ring (bicyclic) bond motifs is 1. The second-order valence-corrected chi connectivity index (χ2v) is 3.67. The van der Waals surface area contributed by atoms with Gasteiger partial charge in [-0.05, 0) is 5.92 Å². The fourth-order valence-corrected chi connectivity index (χ4v) is 1.42. The Bertz CT molecular complexity index is 370. The van der Waals surface area contributed by atoms with Gasteiger partial charge in [0.05, 0.1) is 5.69 Å². The number of carboxylic acid groups (broad SMARTS) is 1. The lowest BCUT2D eigenvalue weighted by Crippen LogP contribution is -2.19. The van der Waals surface area contributed by atoms with Gasteiger partial charge < -0.3 is 9.84 Å². The van der Waals surface area contributed by atoms with Gasteiger partial charge in [0.2, 0.25) is 5.88 Å². The number of nitrogens with zero attached hydrogens (tertiary/aromatic N) is 2. The molecule has 2 heterocycles. The monoisotopic (exact) mass is 196 g/mol. The molecule has 1 unspecified atom stereocenters. The first-order valence-electron chi connectivity index (χ1n) is 4.54. The number of carboxylic acids is 1. The first-order valence-corrected chi connectivity index (χ1v) is 4.54. The van der Waals surface area contributed by atoms with Crippen LogP contribution in [0.5, 0.6) is 5.88 Å². The third-order valence-corrected chi connectivity index (χ3v) is 2.28. The van der Waals surface area contributed by atoms with Crippen LogP contribution in [0.4, 0.5) is 0 Å². The molecule has 5 nitrogen and oxygen atoms in total. The Balaban J connectivity index is 2.35. The molecule has 1 aromatic heterocycles. The van der Waals surface area contributed by atoms with E-state index in [9.17, 15) is 4.79 Å². The minimum Gasteiger partial charge on any atom is -0.480 e. The summed E-state index contributed by atoms with van der Waals surface area (Å²) in [4.78, 5) is 10.8. The number of carbonyl (C=O) groups is 1. The number of ether oxygens (including phenoxy) is 1. The van der Waals surface area contributed by atoms with E-state index in [0.717, 1.165) is 5.69 Å². The van der Waals surface area contributed by atoms with Crippen LogP contribution in [0.25, 0.3) is 0 Å². The minimum atomic E-state index is -0.901. The summed E-state index contributed by atoms with van der Waals surface area (Å²) >= 11 is 0. The molecule has 1 atom stereocenters. The Hall–Kier alpha value is -1.52. The molecule has 1 aliphatic heterocycles. The smallest absolute Gasteiger partial charge is 0.332 e. The Morgan fingerprint density at radius 1 is 1.79 bits per heavy atom. The number of aromatic nitrogens is 2. The molecule has 0 spiro atoms. The molecule has 0 radical (unpaired) electrons. The fourth-order valence-electron chi connectivity index (χ4n) is 1.42. The van der Waals surface area contributed by atoms with E-state index in [-0.39, 0.29) is 12.5 Å². The normalized spacial score (nSPS) is 19.5. The van der Waals surface area contributed by atoms with E-state index in [4.69, 9.17) is 9.84 Å². The minimum absolute atomic E-state index is 0.177. The van der Waals surface area contributed by atoms with Crippen molar-refractivity contribution in [2.24, 2.45) is 0 Å². The molecule has 1 aromatic rings. The molecule has 0 aromatic carbocycles. The average molecular weight is 196 g/mol. The van der Waals surface area contributed by atoms with Crippen LogP contribution in [0.2, 0.25) is 0 Å². The molecule has 0 fully saturated rings. The number of rotatable bonds is 2. The Morgan fingerprint density at radius 2 is 2.50 bits per heavy atom. The van der Waals surface area contributed by atoms with Crippen molar-refractivity contribution in [2.45, 2.75) is 25.8 Å². The van der Waals surface area contributed by atoms with E-state index < -0.39 is 12.0 Å². The third-order valence-electron chi connectivity index (χ3n) is 2.28. The lowest BCUT2D eigenvalue weighted by Gasteiger charge is -2.03. The third kappa shape index (κ3) is 1.25. The van der Waals surface area contributed by atoms with Crippen LogP contribution in [0, 0.1) is 0 Å². The molecule has 0 saturated heterocycles. The van der Waals surface area contributed by atoms with Crippen LogP contribution in [-0.4, -0.2) is 27.5 Å². The highest BCUT2D eigenvalue weighted by atomic mass is 16.5. The van der Waals surface area contributed by atoms with E-state index in [1.807, 2.05) is 13.8 Å². The maximum Gasteiger partial charge on any atom is 0.332 e. The van der Waals surface area contributed by atoms with Crippen molar-refractivity contribution in [3.8, 4) is 5.88 Å². The van der Waals surface area contributed by atoms with Gasteiger partial charge in [0.15, 0.2) is 6.04 Å². The number of aliphatic carboxylic acids is 1. The highest BCUT2D eigenvalue weighted by Gasteiger charge is 2.31. The maximum absolute atomic E-state index is 10.8. The summed E-state index contributed by atoms with van der Waals surface area (Å²) in [7, 11) is 0. The van der Waals surface area contributed by atoms with Gasteiger partial charge in [-0.1, -0.05) is 13.8 Å². The number of hydrogen-bond donors (Lipinski definition) is 1. The summed E-state index contributed by atoms with van der Waals surface area (Å²) in [5.41, 5.74) is 0.867. The Labute approximate surface area is 81.3 Å². The second-order valence-electron chi connectivity index (χ2n) is 3.67. The van der Waals surface area contributed by atoms with Crippen molar-refractivity contribution in [2.75, 3.05) is 6.61 Å². The van der Waals surface area contributed by atoms with Gasteiger partial charge >= 0.3 is 5.97 Å². The first kappa shape index (κ1) is 9.05. The first-order chi connectivity index (χ1) is 6.59. The summed E-state index contributed by atoms with van der Waals surface area (Å²) in [6.07, 6.45) is 0. The molecule has 2 rings (SSSR count). The van der Waals surface area contributed by atoms with Crippen LogP contribution in [-0.2, 0) is 4.79 Å². The molecule has 1 N–H and O–H groups in total. The molecule has 14 heavy (non-hydrogen) atoms. The predicted molar refractivity (Wildman–Crippen MR) is 48.5 cm³/mol. The van der Waals surface area contributed by atoms with Crippen LogP contribution in [0.1, 0.15) is 31.5 Å². The molecular weight excluding hydrogens is 184 g/mol. The van der Waals surface area contributed by atoms with E-state index in [0.29, 0.717) is 5.88 Å². The van der Waals surface area contributed by atoms with Crippen molar-refractivity contribution >= 4 is 5.97 Å². The summed E-state index contributed by atoms with van der Waals surface area (Å²) < 4.78 is 6.66. The molecule has 0 saturated carbocycles. The van der Waals surface area contributed by atoms with Gasteiger partial charge in [0.25, 0.3) is 0 Å². The Kier molecular flexibility index (Phi) is 1.94. The molecule has 0 aliphatic carbocycles. The zero-order valence-electron chi connectivity index (χ0n) is 8.10. The summed E-state index contributed by atoms with van der Waals surface area (Å²) in [5.74, 6) is -0.0607. The summed E-state index contributed by atoms with van der Waals surface area (Å²) in [6.45, 7) is 4.19. The lowest BCUT2D eigenvalue weighted by atomic mass is 10.1. The van der Waals surface area contributed by atoms with Gasteiger partial charge in [-0.2, -0.15) is 5.10 Å². The zero-order valence-corrected chi connectivity index (χ0v) is 8.10. The molecule has 0 amide bonds. The molecular formula is C9H12N2O3.